The van der Waals surface area contributed by atoms with Crippen LogP contribution in [0.15, 0.2) is 47.1 Å². The minimum absolute atomic E-state index is 0.168. The van der Waals surface area contributed by atoms with E-state index >= 15 is 0 Å². The summed E-state index contributed by atoms with van der Waals surface area (Å²) in [7, 11) is 0. The Kier molecular flexibility index (Phi) is 3.45. The third kappa shape index (κ3) is 2.80. The fourth-order valence-electron chi connectivity index (χ4n) is 1.93. The van der Waals surface area contributed by atoms with Crippen LogP contribution >= 0.6 is 11.6 Å². The number of hydrogen-bond donors (Lipinski definition) is 1. The quantitative estimate of drug-likeness (QED) is 0.801. The summed E-state index contributed by atoms with van der Waals surface area (Å²) >= 11 is 5.82. The molecule has 0 fully saturated rings. The maximum Gasteiger partial charge on any atom is 0.352 e. The third-order valence-electron chi connectivity index (χ3n) is 2.92. The molecule has 0 spiro atoms. The highest BCUT2D eigenvalue weighted by Crippen LogP contribution is 2.19. The predicted molar refractivity (Wildman–Crippen MR) is 75.2 cm³/mol. The van der Waals surface area contributed by atoms with Gasteiger partial charge in [-0.15, -0.1) is 0 Å². The molecule has 1 N–H and O–H groups in total. The molecular formula is C14H10ClN3O3. The summed E-state index contributed by atoms with van der Waals surface area (Å²) in [5.41, 5.74) is 0.946. The van der Waals surface area contributed by atoms with E-state index in [0.717, 1.165) is 5.56 Å². The molecule has 3 rings (SSSR count). The van der Waals surface area contributed by atoms with E-state index in [1.807, 2.05) is 0 Å². The zero-order valence-electron chi connectivity index (χ0n) is 10.7. The van der Waals surface area contributed by atoms with Gasteiger partial charge in [0, 0.05) is 16.8 Å². The van der Waals surface area contributed by atoms with Gasteiger partial charge in [-0.3, -0.25) is 0 Å². The molecule has 0 amide bonds. The lowest BCUT2D eigenvalue weighted by Gasteiger charge is -2.01. The Bertz CT molecular complexity index is 777. The smallest absolute Gasteiger partial charge is 0.352 e. The number of nitrogens with zero attached hydrogens (tertiary/aromatic N) is 3. The normalized spacial score (nSPS) is 10.7. The van der Waals surface area contributed by atoms with Gasteiger partial charge in [0.05, 0.1) is 0 Å². The van der Waals surface area contributed by atoms with Gasteiger partial charge in [0.2, 0.25) is 11.7 Å². The van der Waals surface area contributed by atoms with Gasteiger partial charge in [0.1, 0.15) is 12.2 Å². The maximum absolute atomic E-state index is 11.0. The fourth-order valence-corrected chi connectivity index (χ4v) is 2.05. The molecule has 2 aromatic heterocycles. The molecule has 0 atom stereocenters. The van der Waals surface area contributed by atoms with Gasteiger partial charge >= 0.3 is 5.97 Å². The zero-order valence-corrected chi connectivity index (χ0v) is 11.5. The summed E-state index contributed by atoms with van der Waals surface area (Å²) in [6, 6.07) is 10.2. The van der Waals surface area contributed by atoms with Crippen molar-refractivity contribution >= 4 is 17.6 Å². The standard InChI is InChI=1S/C14H10ClN3O3/c15-10-5-3-9(4-6-10)13-16-12(21-17-13)8-18-7-1-2-11(18)14(19)20/h1-7H,8H2,(H,19,20). The first kappa shape index (κ1) is 13.4. The number of benzene rings is 1. The highest BCUT2D eigenvalue weighted by molar-refractivity contribution is 6.30. The number of aromatic carboxylic acids is 1. The van der Waals surface area contributed by atoms with Crippen LogP contribution in [-0.4, -0.2) is 25.8 Å². The second kappa shape index (κ2) is 5.41. The molecule has 6 nitrogen and oxygen atoms in total. The molecule has 21 heavy (non-hydrogen) atoms. The van der Waals surface area contributed by atoms with E-state index in [9.17, 15) is 4.79 Å². The highest BCUT2D eigenvalue weighted by atomic mass is 35.5. The number of halogens is 1. The molecule has 0 saturated carbocycles. The van der Waals surface area contributed by atoms with E-state index in [2.05, 4.69) is 10.1 Å². The molecule has 0 aliphatic heterocycles. The number of rotatable bonds is 4. The molecule has 0 bridgehead atoms. The highest BCUT2D eigenvalue weighted by Gasteiger charge is 2.13. The van der Waals surface area contributed by atoms with Crippen LogP contribution in [0.3, 0.4) is 0 Å². The van der Waals surface area contributed by atoms with E-state index in [1.54, 1.807) is 36.5 Å². The Morgan fingerprint density at radius 1 is 1.29 bits per heavy atom. The lowest BCUT2D eigenvalue weighted by Crippen LogP contribution is -2.08. The number of carboxylic acids is 1. The fraction of sp³-hybridized carbons (Fsp3) is 0.0714. The molecule has 0 radical (unpaired) electrons. The van der Waals surface area contributed by atoms with Gasteiger partial charge in [-0.1, -0.05) is 16.8 Å². The van der Waals surface area contributed by atoms with Crippen molar-refractivity contribution in [3.63, 3.8) is 0 Å². The van der Waals surface area contributed by atoms with E-state index in [-0.39, 0.29) is 12.2 Å². The van der Waals surface area contributed by atoms with Crippen LogP contribution in [0.1, 0.15) is 16.4 Å². The minimum Gasteiger partial charge on any atom is -0.477 e. The predicted octanol–water partition coefficient (Wildman–Crippen LogP) is 2.94. The molecule has 1 aromatic carbocycles. The second-order valence-corrected chi connectivity index (χ2v) is 4.78. The number of carboxylic acid groups (broad SMARTS) is 1. The van der Waals surface area contributed by atoms with E-state index < -0.39 is 5.97 Å². The van der Waals surface area contributed by atoms with Crippen molar-refractivity contribution in [2.45, 2.75) is 6.54 Å². The number of hydrogen-bond acceptors (Lipinski definition) is 4. The molecule has 3 aromatic rings. The first-order chi connectivity index (χ1) is 10.1. The van der Waals surface area contributed by atoms with Gasteiger partial charge in [-0.05, 0) is 36.4 Å². The summed E-state index contributed by atoms with van der Waals surface area (Å²) < 4.78 is 6.68. The van der Waals surface area contributed by atoms with Crippen LogP contribution in [0.5, 0.6) is 0 Å². The van der Waals surface area contributed by atoms with Gasteiger partial charge in [0.15, 0.2) is 0 Å². The van der Waals surface area contributed by atoms with Crippen LogP contribution in [0.4, 0.5) is 0 Å². The van der Waals surface area contributed by atoms with Crippen molar-refractivity contribution in [3.8, 4) is 11.4 Å². The molecule has 0 aliphatic rings. The Balaban J connectivity index is 1.83. The Morgan fingerprint density at radius 2 is 2.05 bits per heavy atom. The average Bonchev–Trinajstić information content (AvgIpc) is 3.09. The van der Waals surface area contributed by atoms with Crippen molar-refractivity contribution in [2.75, 3.05) is 0 Å². The molecule has 0 aliphatic carbocycles. The molecular weight excluding hydrogens is 294 g/mol. The Labute approximate surface area is 124 Å². The van der Waals surface area contributed by atoms with Crippen molar-refractivity contribution < 1.29 is 14.4 Å². The van der Waals surface area contributed by atoms with E-state index in [1.165, 1.54) is 10.6 Å². The van der Waals surface area contributed by atoms with E-state index in [0.29, 0.717) is 16.7 Å². The third-order valence-corrected chi connectivity index (χ3v) is 3.18. The lowest BCUT2D eigenvalue weighted by molar-refractivity contribution is 0.0685. The number of aromatic nitrogens is 3. The second-order valence-electron chi connectivity index (χ2n) is 4.35. The van der Waals surface area contributed by atoms with E-state index in [4.69, 9.17) is 21.2 Å². The summed E-state index contributed by atoms with van der Waals surface area (Å²) in [6.45, 7) is 0.204. The summed E-state index contributed by atoms with van der Waals surface area (Å²) in [6.07, 6.45) is 1.65. The molecule has 0 unspecified atom stereocenters. The lowest BCUT2D eigenvalue weighted by atomic mass is 10.2. The zero-order chi connectivity index (χ0) is 14.8. The van der Waals surface area contributed by atoms with Crippen molar-refractivity contribution in [2.24, 2.45) is 0 Å². The average molecular weight is 304 g/mol. The first-order valence-corrected chi connectivity index (χ1v) is 6.48. The SMILES string of the molecule is O=C(O)c1cccn1Cc1nc(-c2ccc(Cl)cc2)no1. The van der Waals surface area contributed by atoms with Gasteiger partial charge < -0.3 is 14.2 Å². The molecule has 0 saturated heterocycles. The van der Waals surface area contributed by atoms with Crippen LogP contribution in [-0.2, 0) is 6.54 Å². The number of carbonyl (C=O) groups is 1. The summed E-state index contributed by atoms with van der Waals surface area (Å²) in [5.74, 6) is -0.234. The molecule has 7 heteroatoms. The van der Waals surface area contributed by atoms with Crippen molar-refractivity contribution in [3.05, 3.63) is 59.2 Å². The first-order valence-electron chi connectivity index (χ1n) is 6.10. The summed E-state index contributed by atoms with van der Waals surface area (Å²) in [4.78, 5) is 15.3. The largest absolute Gasteiger partial charge is 0.477 e. The van der Waals surface area contributed by atoms with Gasteiger partial charge in [0.25, 0.3) is 0 Å². The van der Waals surface area contributed by atoms with Gasteiger partial charge in [-0.25, -0.2) is 4.79 Å². The van der Waals surface area contributed by atoms with Gasteiger partial charge in [-0.2, -0.15) is 4.98 Å². The minimum atomic E-state index is -1.00. The summed E-state index contributed by atoms with van der Waals surface area (Å²) in [5, 5.41) is 13.5. The van der Waals surface area contributed by atoms with Crippen molar-refractivity contribution in [1.82, 2.24) is 14.7 Å². The van der Waals surface area contributed by atoms with Crippen LogP contribution in [0, 0.1) is 0 Å². The molecule has 2 heterocycles. The Hall–Kier alpha value is -2.60. The van der Waals surface area contributed by atoms with Crippen molar-refractivity contribution in [1.29, 1.82) is 0 Å². The van der Waals surface area contributed by atoms with Crippen LogP contribution < -0.4 is 0 Å². The van der Waals surface area contributed by atoms with Crippen LogP contribution in [0.2, 0.25) is 5.02 Å². The monoisotopic (exact) mass is 303 g/mol. The molecule has 106 valence electrons. The Morgan fingerprint density at radius 3 is 2.76 bits per heavy atom. The van der Waals surface area contributed by atoms with Crippen LogP contribution in [0.25, 0.3) is 11.4 Å². The maximum atomic E-state index is 11.0. The topological polar surface area (TPSA) is 81.1 Å².